The van der Waals surface area contributed by atoms with Crippen molar-refractivity contribution in [3.8, 4) is 0 Å². The van der Waals surface area contributed by atoms with Crippen LogP contribution in [0.2, 0.25) is 0 Å². The van der Waals surface area contributed by atoms with Gasteiger partial charge in [0.2, 0.25) is 5.91 Å². The van der Waals surface area contributed by atoms with Gasteiger partial charge < -0.3 is 5.32 Å². The Morgan fingerprint density at radius 2 is 1.43 bits per heavy atom. The van der Waals surface area contributed by atoms with Gasteiger partial charge in [0.25, 0.3) is 0 Å². The maximum Gasteiger partial charge on any atom is 0.233 e. The number of thioether (sulfide) groups is 1. The average Bonchev–Trinajstić information content (AvgIpc) is 2.89. The average molecular weight is 382 g/mol. The minimum absolute atomic E-state index is 0.0165. The molecule has 0 radical (unpaired) electrons. The van der Waals surface area contributed by atoms with Crippen molar-refractivity contribution in [2.75, 3.05) is 5.32 Å². The number of nitrogens with one attached hydrogen (secondary N) is 1. The molecule has 0 saturated carbocycles. The zero-order valence-electron chi connectivity index (χ0n) is 15.2. The number of hydrogen-bond donors (Lipinski definition) is 1. The minimum Gasteiger partial charge on any atom is -0.324 e. The molecule has 136 valence electrons. The number of amides is 1. The summed E-state index contributed by atoms with van der Waals surface area (Å²) in [6.45, 7) is 0. The summed E-state index contributed by atoms with van der Waals surface area (Å²) in [5, 5.41) is 5.55. The fourth-order valence-corrected chi connectivity index (χ4v) is 5.38. The third-order valence-electron chi connectivity index (χ3n) is 5.27. The number of benzene rings is 4. The first kappa shape index (κ1) is 17.1. The van der Waals surface area contributed by atoms with Crippen LogP contribution >= 0.6 is 11.8 Å². The van der Waals surface area contributed by atoms with Crippen molar-refractivity contribution >= 4 is 34.1 Å². The molecular weight excluding hydrogens is 362 g/mol. The molecule has 0 aliphatic carbocycles. The van der Waals surface area contributed by atoms with Gasteiger partial charge in [0, 0.05) is 4.90 Å². The van der Waals surface area contributed by atoms with Crippen LogP contribution in [0.1, 0.15) is 22.3 Å². The number of carbonyl (C=O) groups excluding carboxylic acids is 1. The van der Waals surface area contributed by atoms with Crippen molar-refractivity contribution < 1.29 is 4.79 Å². The van der Waals surface area contributed by atoms with Gasteiger partial charge >= 0.3 is 0 Å². The highest BCUT2D eigenvalue weighted by molar-refractivity contribution is 7.99. The van der Waals surface area contributed by atoms with Crippen LogP contribution in [0.15, 0.2) is 102 Å². The first-order valence-electron chi connectivity index (χ1n) is 9.40. The lowest BCUT2D eigenvalue weighted by molar-refractivity contribution is -0.117. The Morgan fingerprint density at radius 3 is 2.32 bits per heavy atom. The molecule has 1 N–H and O–H groups in total. The van der Waals surface area contributed by atoms with E-state index in [1.807, 2.05) is 36.4 Å². The summed E-state index contributed by atoms with van der Waals surface area (Å²) in [5.41, 5.74) is 3.13. The largest absolute Gasteiger partial charge is 0.324 e. The lowest BCUT2D eigenvalue weighted by Gasteiger charge is -2.25. The minimum atomic E-state index is -0.274. The summed E-state index contributed by atoms with van der Waals surface area (Å²) >= 11 is 1.77. The lowest BCUT2D eigenvalue weighted by Crippen LogP contribution is -2.23. The van der Waals surface area contributed by atoms with E-state index in [1.54, 1.807) is 11.8 Å². The van der Waals surface area contributed by atoms with Gasteiger partial charge in [0.15, 0.2) is 0 Å². The SMILES string of the molecule is O=C1Nc2ccccc2S[C@H](c2cccc3ccccc23)[C@H]1c1ccccc1. The Hall–Kier alpha value is -3.04. The predicted molar refractivity (Wildman–Crippen MR) is 117 cm³/mol. The van der Waals surface area contributed by atoms with E-state index in [9.17, 15) is 4.79 Å². The van der Waals surface area contributed by atoms with E-state index in [-0.39, 0.29) is 17.1 Å². The molecule has 2 nitrogen and oxygen atoms in total. The van der Waals surface area contributed by atoms with Gasteiger partial charge in [-0.05, 0) is 34.0 Å². The number of rotatable bonds is 2. The van der Waals surface area contributed by atoms with Crippen LogP contribution in [-0.4, -0.2) is 5.91 Å². The van der Waals surface area contributed by atoms with E-state index < -0.39 is 0 Å². The van der Waals surface area contributed by atoms with E-state index in [2.05, 4.69) is 66.0 Å². The number of para-hydroxylation sites is 1. The van der Waals surface area contributed by atoms with E-state index in [0.29, 0.717) is 0 Å². The van der Waals surface area contributed by atoms with Gasteiger partial charge in [-0.15, -0.1) is 11.8 Å². The second-order valence-corrected chi connectivity index (χ2v) is 8.16. The second-order valence-electron chi connectivity index (χ2n) is 6.98. The van der Waals surface area contributed by atoms with Crippen molar-refractivity contribution in [2.45, 2.75) is 16.1 Å². The number of fused-ring (bicyclic) bond motifs is 2. The predicted octanol–water partition coefficient (Wildman–Crippen LogP) is 6.41. The molecule has 1 heterocycles. The molecule has 1 amide bonds. The van der Waals surface area contributed by atoms with Gasteiger partial charge in [-0.2, -0.15) is 0 Å². The Balaban J connectivity index is 1.74. The van der Waals surface area contributed by atoms with Gasteiger partial charge in [-0.1, -0.05) is 84.9 Å². The van der Waals surface area contributed by atoms with Crippen LogP contribution in [-0.2, 0) is 4.79 Å². The lowest BCUT2D eigenvalue weighted by atomic mass is 9.88. The number of hydrogen-bond acceptors (Lipinski definition) is 2. The molecule has 0 aromatic heterocycles. The highest BCUT2D eigenvalue weighted by atomic mass is 32.2. The van der Waals surface area contributed by atoms with Crippen LogP contribution in [0.4, 0.5) is 5.69 Å². The summed E-state index contributed by atoms with van der Waals surface area (Å²) in [6.07, 6.45) is 0. The summed E-state index contributed by atoms with van der Waals surface area (Å²) < 4.78 is 0. The fourth-order valence-electron chi connectivity index (χ4n) is 3.95. The highest BCUT2D eigenvalue weighted by Crippen LogP contribution is 2.51. The number of anilines is 1. The smallest absolute Gasteiger partial charge is 0.233 e. The van der Waals surface area contributed by atoms with Crippen LogP contribution in [0.3, 0.4) is 0 Å². The third-order valence-corrected chi connectivity index (χ3v) is 6.66. The monoisotopic (exact) mass is 381 g/mol. The molecule has 5 rings (SSSR count). The molecule has 0 spiro atoms. The van der Waals surface area contributed by atoms with Gasteiger partial charge in [-0.25, -0.2) is 0 Å². The van der Waals surface area contributed by atoms with Crippen molar-refractivity contribution in [3.63, 3.8) is 0 Å². The topological polar surface area (TPSA) is 29.1 Å². The maximum absolute atomic E-state index is 13.4. The van der Waals surface area contributed by atoms with Crippen LogP contribution in [0, 0.1) is 0 Å². The molecule has 28 heavy (non-hydrogen) atoms. The van der Waals surface area contributed by atoms with E-state index in [0.717, 1.165) is 16.1 Å². The molecule has 3 heteroatoms. The molecule has 4 aromatic carbocycles. The summed E-state index contributed by atoms with van der Waals surface area (Å²) in [6, 6.07) is 33.0. The van der Waals surface area contributed by atoms with E-state index >= 15 is 0 Å². The quantitative estimate of drug-likeness (QED) is 0.435. The summed E-state index contributed by atoms with van der Waals surface area (Å²) in [7, 11) is 0. The maximum atomic E-state index is 13.4. The molecular formula is C25H19NOS. The molecule has 0 bridgehead atoms. The number of carbonyl (C=O) groups is 1. The Morgan fingerprint density at radius 1 is 0.714 bits per heavy atom. The summed E-state index contributed by atoms with van der Waals surface area (Å²) in [5.74, 6) is -0.231. The zero-order chi connectivity index (χ0) is 18.9. The normalized spacial score (nSPS) is 18.9. The Bertz CT molecular complexity index is 1150. The third kappa shape index (κ3) is 2.98. The van der Waals surface area contributed by atoms with Crippen LogP contribution in [0.5, 0.6) is 0 Å². The molecule has 2 atom stereocenters. The van der Waals surface area contributed by atoms with Gasteiger partial charge in [0.1, 0.15) is 0 Å². The van der Waals surface area contributed by atoms with E-state index in [4.69, 9.17) is 0 Å². The first-order chi connectivity index (χ1) is 13.8. The van der Waals surface area contributed by atoms with Gasteiger partial charge in [0.05, 0.1) is 16.9 Å². The van der Waals surface area contributed by atoms with Gasteiger partial charge in [-0.3, -0.25) is 4.79 Å². The van der Waals surface area contributed by atoms with Crippen molar-refractivity contribution in [3.05, 3.63) is 108 Å². The highest BCUT2D eigenvalue weighted by Gasteiger charge is 2.36. The Labute approximate surface area is 168 Å². The molecule has 1 aliphatic heterocycles. The second kappa shape index (κ2) is 7.17. The standard InChI is InChI=1S/C25H19NOS/c27-25-23(18-10-2-1-3-11-18)24(28-22-16-7-6-15-21(22)26-25)20-14-8-12-17-9-4-5-13-19(17)20/h1-16,23-24H,(H,26,27)/t23-,24-/m1/s1. The fraction of sp³-hybridized carbons (Fsp3) is 0.0800. The summed E-state index contributed by atoms with van der Waals surface area (Å²) in [4.78, 5) is 14.5. The zero-order valence-corrected chi connectivity index (χ0v) is 16.0. The van der Waals surface area contributed by atoms with Crippen molar-refractivity contribution in [1.82, 2.24) is 0 Å². The molecule has 1 aliphatic rings. The molecule has 0 fully saturated rings. The Kier molecular flexibility index (Phi) is 4.38. The molecule has 0 saturated heterocycles. The van der Waals surface area contributed by atoms with Crippen molar-refractivity contribution in [2.24, 2.45) is 0 Å². The van der Waals surface area contributed by atoms with Crippen molar-refractivity contribution in [1.29, 1.82) is 0 Å². The molecule has 0 unspecified atom stereocenters. The molecule has 4 aromatic rings. The first-order valence-corrected chi connectivity index (χ1v) is 10.3. The van der Waals surface area contributed by atoms with Crippen LogP contribution < -0.4 is 5.32 Å². The van der Waals surface area contributed by atoms with Crippen LogP contribution in [0.25, 0.3) is 10.8 Å². The van der Waals surface area contributed by atoms with E-state index in [1.165, 1.54) is 16.3 Å².